The Labute approximate surface area is 145 Å². The Balaban J connectivity index is 1.89. The molecule has 0 bridgehead atoms. The molecule has 0 atom stereocenters. The van der Waals surface area contributed by atoms with Crippen LogP contribution in [0.5, 0.6) is 0 Å². The summed E-state index contributed by atoms with van der Waals surface area (Å²) in [5.74, 6) is 0.354. The van der Waals surface area contributed by atoms with E-state index in [9.17, 15) is 20.2 Å². The summed E-state index contributed by atoms with van der Waals surface area (Å²) in [6.45, 7) is 1.95. The van der Waals surface area contributed by atoms with Crippen LogP contribution < -0.4 is 0 Å². The lowest BCUT2D eigenvalue weighted by molar-refractivity contribution is -0.396. The molecule has 2 aromatic carbocycles. The Bertz CT molecular complexity index is 955. The standard InChI is InChI=1S/C15H10N4O5S/c1-9-2-4-10(5-3-9)14-16-15(24-17-14)25-13-7-6-11(18(20)21)8-12(13)19(22)23/h2-8H,1H3. The zero-order valence-corrected chi connectivity index (χ0v) is 13.6. The van der Waals surface area contributed by atoms with E-state index in [2.05, 4.69) is 10.1 Å². The van der Waals surface area contributed by atoms with Gasteiger partial charge in [-0.2, -0.15) is 4.98 Å². The molecule has 10 heteroatoms. The smallest absolute Gasteiger partial charge is 0.291 e. The minimum atomic E-state index is -0.691. The largest absolute Gasteiger partial charge is 0.327 e. The second-order valence-electron chi connectivity index (χ2n) is 5.02. The van der Waals surface area contributed by atoms with Gasteiger partial charge in [0.15, 0.2) is 0 Å². The van der Waals surface area contributed by atoms with Crippen molar-refractivity contribution in [3.05, 3.63) is 68.3 Å². The predicted molar refractivity (Wildman–Crippen MR) is 88.3 cm³/mol. The molecule has 0 aliphatic heterocycles. The van der Waals surface area contributed by atoms with E-state index in [-0.39, 0.29) is 15.8 Å². The first kappa shape index (κ1) is 16.6. The van der Waals surface area contributed by atoms with Crippen molar-refractivity contribution < 1.29 is 14.4 Å². The Kier molecular flexibility index (Phi) is 4.44. The molecule has 1 heterocycles. The monoisotopic (exact) mass is 358 g/mol. The SMILES string of the molecule is Cc1ccc(-c2noc(Sc3ccc([N+](=O)[O-])cc3[N+](=O)[O-])n2)cc1. The van der Waals surface area contributed by atoms with E-state index in [1.165, 1.54) is 12.1 Å². The fourth-order valence-corrected chi connectivity index (χ4v) is 2.78. The summed E-state index contributed by atoms with van der Waals surface area (Å²) in [6.07, 6.45) is 0. The Morgan fingerprint density at radius 1 is 1.04 bits per heavy atom. The summed E-state index contributed by atoms with van der Waals surface area (Å²) in [4.78, 5) is 24.9. The van der Waals surface area contributed by atoms with Crippen molar-refractivity contribution in [3.8, 4) is 11.4 Å². The molecule has 0 spiro atoms. The highest BCUT2D eigenvalue weighted by molar-refractivity contribution is 7.99. The molecular weight excluding hydrogens is 348 g/mol. The van der Waals surface area contributed by atoms with Gasteiger partial charge in [-0.25, -0.2) is 0 Å². The first-order valence-electron chi connectivity index (χ1n) is 6.95. The molecular formula is C15H10N4O5S. The number of non-ortho nitro benzene ring substituents is 1. The lowest BCUT2D eigenvalue weighted by Crippen LogP contribution is -1.94. The Morgan fingerprint density at radius 3 is 2.40 bits per heavy atom. The summed E-state index contributed by atoms with van der Waals surface area (Å²) in [5.41, 5.74) is 1.08. The van der Waals surface area contributed by atoms with Gasteiger partial charge in [0.1, 0.15) is 0 Å². The summed E-state index contributed by atoms with van der Waals surface area (Å²) in [5, 5.41) is 25.9. The van der Waals surface area contributed by atoms with E-state index in [1.807, 2.05) is 31.2 Å². The number of aryl methyl sites for hydroxylation is 1. The maximum atomic E-state index is 11.1. The minimum Gasteiger partial charge on any atom is -0.327 e. The van der Waals surface area contributed by atoms with Crippen molar-refractivity contribution in [1.29, 1.82) is 0 Å². The number of aromatic nitrogens is 2. The van der Waals surface area contributed by atoms with Crippen LogP contribution in [0, 0.1) is 27.2 Å². The van der Waals surface area contributed by atoms with Crippen molar-refractivity contribution >= 4 is 23.1 Å². The molecule has 0 saturated heterocycles. The van der Waals surface area contributed by atoms with Crippen LogP contribution in [0.1, 0.15) is 5.56 Å². The predicted octanol–water partition coefficient (Wildman–Crippen LogP) is 4.01. The highest BCUT2D eigenvalue weighted by Crippen LogP contribution is 2.36. The van der Waals surface area contributed by atoms with Crippen molar-refractivity contribution in [2.45, 2.75) is 17.0 Å². The number of nitrogens with zero attached hydrogens (tertiary/aromatic N) is 4. The molecule has 0 radical (unpaired) electrons. The van der Waals surface area contributed by atoms with Gasteiger partial charge in [-0.05, 0) is 24.8 Å². The van der Waals surface area contributed by atoms with Gasteiger partial charge < -0.3 is 4.52 Å². The van der Waals surface area contributed by atoms with Gasteiger partial charge in [-0.15, -0.1) is 0 Å². The minimum absolute atomic E-state index is 0.104. The molecule has 9 nitrogen and oxygen atoms in total. The van der Waals surface area contributed by atoms with Gasteiger partial charge in [0, 0.05) is 11.6 Å². The Hall–Kier alpha value is -3.27. The third-order valence-electron chi connectivity index (χ3n) is 3.26. The molecule has 0 fully saturated rings. The summed E-state index contributed by atoms with van der Waals surface area (Å²) >= 11 is 0.877. The molecule has 3 rings (SSSR count). The van der Waals surface area contributed by atoms with Gasteiger partial charge in [-0.1, -0.05) is 35.0 Å². The topological polar surface area (TPSA) is 125 Å². The van der Waals surface area contributed by atoms with Crippen LogP contribution in [0.2, 0.25) is 0 Å². The van der Waals surface area contributed by atoms with Crippen LogP contribution in [-0.4, -0.2) is 20.0 Å². The molecule has 126 valence electrons. The van der Waals surface area contributed by atoms with Crippen LogP contribution in [0.15, 0.2) is 57.1 Å². The van der Waals surface area contributed by atoms with Gasteiger partial charge in [-0.3, -0.25) is 20.2 Å². The third kappa shape index (κ3) is 3.63. The van der Waals surface area contributed by atoms with Gasteiger partial charge in [0.2, 0.25) is 5.82 Å². The van der Waals surface area contributed by atoms with Crippen molar-refractivity contribution in [3.63, 3.8) is 0 Å². The summed E-state index contributed by atoms with van der Waals surface area (Å²) in [6, 6.07) is 10.9. The quantitative estimate of drug-likeness (QED) is 0.494. The molecule has 3 aromatic rings. The highest BCUT2D eigenvalue weighted by atomic mass is 32.2. The second-order valence-corrected chi connectivity index (χ2v) is 6.01. The van der Waals surface area contributed by atoms with Crippen LogP contribution in [-0.2, 0) is 0 Å². The van der Waals surface area contributed by atoms with Gasteiger partial charge >= 0.3 is 0 Å². The number of rotatable bonds is 5. The number of nitro benzene ring substituents is 2. The van der Waals surface area contributed by atoms with E-state index in [1.54, 1.807) is 0 Å². The number of hydrogen-bond acceptors (Lipinski definition) is 8. The molecule has 0 aliphatic rings. The maximum absolute atomic E-state index is 11.1. The third-order valence-corrected chi connectivity index (χ3v) is 4.17. The van der Waals surface area contributed by atoms with Crippen LogP contribution in [0.25, 0.3) is 11.4 Å². The summed E-state index contributed by atoms with van der Waals surface area (Å²) in [7, 11) is 0. The zero-order valence-electron chi connectivity index (χ0n) is 12.8. The second kappa shape index (κ2) is 6.69. The lowest BCUT2D eigenvalue weighted by atomic mass is 10.1. The van der Waals surface area contributed by atoms with Crippen LogP contribution in [0.3, 0.4) is 0 Å². The number of benzene rings is 2. The first-order chi connectivity index (χ1) is 11.9. The molecule has 1 aromatic heterocycles. The lowest BCUT2D eigenvalue weighted by Gasteiger charge is -1.99. The van der Waals surface area contributed by atoms with E-state index in [0.717, 1.165) is 29.0 Å². The van der Waals surface area contributed by atoms with E-state index < -0.39 is 15.5 Å². The van der Waals surface area contributed by atoms with Crippen molar-refractivity contribution in [2.75, 3.05) is 0 Å². The molecule has 0 unspecified atom stereocenters. The Morgan fingerprint density at radius 2 is 1.76 bits per heavy atom. The van der Waals surface area contributed by atoms with Gasteiger partial charge in [0.25, 0.3) is 16.6 Å². The molecule has 0 amide bonds. The molecule has 0 saturated carbocycles. The molecule has 25 heavy (non-hydrogen) atoms. The van der Waals surface area contributed by atoms with Crippen molar-refractivity contribution in [2.24, 2.45) is 0 Å². The fraction of sp³-hybridized carbons (Fsp3) is 0.0667. The average Bonchev–Trinajstić information content (AvgIpc) is 3.04. The van der Waals surface area contributed by atoms with Crippen LogP contribution >= 0.6 is 11.8 Å². The summed E-state index contributed by atoms with van der Waals surface area (Å²) < 4.78 is 5.11. The fourth-order valence-electron chi connectivity index (χ4n) is 2.01. The number of hydrogen-bond donors (Lipinski definition) is 0. The van der Waals surface area contributed by atoms with Crippen molar-refractivity contribution in [1.82, 2.24) is 10.1 Å². The van der Waals surface area contributed by atoms with E-state index in [0.29, 0.717) is 5.82 Å². The maximum Gasteiger partial charge on any atom is 0.291 e. The zero-order chi connectivity index (χ0) is 18.0. The average molecular weight is 358 g/mol. The highest BCUT2D eigenvalue weighted by Gasteiger charge is 2.22. The number of nitro groups is 2. The van der Waals surface area contributed by atoms with E-state index in [4.69, 9.17) is 4.52 Å². The van der Waals surface area contributed by atoms with Crippen LogP contribution in [0.4, 0.5) is 11.4 Å². The molecule has 0 aliphatic carbocycles. The van der Waals surface area contributed by atoms with E-state index >= 15 is 0 Å². The molecule has 0 N–H and O–H groups in total. The normalized spacial score (nSPS) is 10.6. The van der Waals surface area contributed by atoms with Gasteiger partial charge in [0.05, 0.1) is 20.8 Å². The first-order valence-corrected chi connectivity index (χ1v) is 7.77.